The van der Waals surface area contributed by atoms with E-state index in [9.17, 15) is 0 Å². The Morgan fingerprint density at radius 2 is 1.89 bits per heavy atom. The fourth-order valence-electron chi connectivity index (χ4n) is 1.78. The Morgan fingerprint density at radius 1 is 1.11 bits per heavy atom. The molecule has 2 aromatic carbocycles. The molecule has 0 bridgehead atoms. The Kier molecular flexibility index (Phi) is 4.90. The predicted molar refractivity (Wildman–Crippen MR) is 86.3 cm³/mol. The van der Waals surface area contributed by atoms with E-state index in [2.05, 4.69) is 22.6 Å². The van der Waals surface area contributed by atoms with Crippen LogP contribution in [0.25, 0.3) is 0 Å². The standard InChI is InChI=1S/C14H12Cl2IN/c15-11-3-1-2-9(6-11)7-14(18)10-4-5-13(17)12(16)8-10/h1-6,8,14H,7,18H2. The highest BCUT2D eigenvalue weighted by Gasteiger charge is 2.09. The number of rotatable bonds is 3. The van der Waals surface area contributed by atoms with E-state index >= 15 is 0 Å². The van der Waals surface area contributed by atoms with Gasteiger partial charge >= 0.3 is 0 Å². The summed E-state index contributed by atoms with van der Waals surface area (Å²) in [6.07, 6.45) is 0.748. The van der Waals surface area contributed by atoms with Crippen molar-refractivity contribution < 1.29 is 0 Å². The maximum absolute atomic E-state index is 6.19. The van der Waals surface area contributed by atoms with Crippen molar-refractivity contribution in [2.75, 3.05) is 0 Å². The van der Waals surface area contributed by atoms with E-state index in [1.165, 1.54) is 0 Å². The van der Waals surface area contributed by atoms with Gasteiger partial charge < -0.3 is 5.73 Å². The zero-order chi connectivity index (χ0) is 13.1. The fraction of sp³-hybridized carbons (Fsp3) is 0.143. The third-order valence-electron chi connectivity index (χ3n) is 2.72. The quantitative estimate of drug-likeness (QED) is 0.744. The lowest BCUT2D eigenvalue weighted by atomic mass is 10.00. The molecule has 0 heterocycles. The smallest absolute Gasteiger partial charge is 0.0542 e. The highest BCUT2D eigenvalue weighted by molar-refractivity contribution is 14.1. The van der Waals surface area contributed by atoms with Crippen LogP contribution in [0, 0.1) is 3.57 Å². The van der Waals surface area contributed by atoms with Crippen molar-refractivity contribution in [1.82, 2.24) is 0 Å². The van der Waals surface area contributed by atoms with Gasteiger partial charge in [-0.2, -0.15) is 0 Å². The molecular formula is C14H12Cl2IN. The lowest BCUT2D eigenvalue weighted by Gasteiger charge is -2.13. The second kappa shape index (κ2) is 6.24. The highest BCUT2D eigenvalue weighted by Crippen LogP contribution is 2.24. The minimum Gasteiger partial charge on any atom is -0.324 e. The van der Waals surface area contributed by atoms with E-state index in [1.54, 1.807) is 0 Å². The fourth-order valence-corrected chi connectivity index (χ4v) is 2.52. The third-order valence-corrected chi connectivity index (χ3v) is 4.52. The van der Waals surface area contributed by atoms with Crippen molar-refractivity contribution in [2.45, 2.75) is 12.5 Å². The number of hydrogen-bond donors (Lipinski definition) is 1. The SMILES string of the molecule is NC(Cc1cccc(Cl)c1)c1ccc(I)c(Cl)c1. The molecule has 1 unspecified atom stereocenters. The molecule has 2 rings (SSSR count). The van der Waals surface area contributed by atoms with Crippen molar-refractivity contribution in [2.24, 2.45) is 5.73 Å². The average Bonchev–Trinajstić information content (AvgIpc) is 2.32. The Hall–Kier alpha value is -0.290. The van der Waals surface area contributed by atoms with Crippen LogP contribution in [0.5, 0.6) is 0 Å². The van der Waals surface area contributed by atoms with Crippen molar-refractivity contribution in [3.8, 4) is 0 Å². The molecule has 1 nitrogen and oxygen atoms in total. The molecule has 0 saturated carbocycles. The summed E-state index contributed by atoms with van der Waals surface area (Å²) < 4.78 is 1.04. The van der Waals surface area contributed by atoms with Gasteiger partial charge in [-0.05, 0) is 64.4 Å². The molecule has 0 radical (unpaired) electrons. The summed E-state index contributed by atoms with van der Waals surface area (Å²) >= 11 is 14.3. The van der Waals surface area contributed by atoms with Crippen molar-refractivity contribution in [1.29, 1.82) is 0 Å². The van der Waals surface area contributed by atoms with E-state index in [-0.39, 0.29) is 6.04 Å². The molecule has 2 aromatic rings. The summed E-state index contributed by atoms with van der Waals surface area (Å²) in [6.45, 7) is 0. The molecule has 0 aromatic heterocycles. The number of halogens is 3. The average molecular weight is 392 g/mol. The summed E-state index contributed by atoms with van der Waals surface area (Å²) in [6, 6.07) is 13.6. The van der Waals surface area contributed by atoms with Gasteiger partial charge in [0.1, 0.15) is 0 Å². The molecule has 0 aliphatic rings. The second-order valence-corrected chi connectivity index (χ2v) is 6.12. The van der Waals surface area contributed by atoms with Gasteiger partial charge in [0.2, 0.25) is 0 Å². The van der Waals surface area contributed by atoms with Crippen LogP contribution >= 0.6 is 45.8 Å². The maximum Gasteiger partial charge on any atom is 0.0542 e. The predicted octanol–water partition coefficient (Wildman–Crippen LogP) is 4.84. The topological polar surface area (TPSA) is 26.0 Å². The van der Waals surface area contributed by atoms with Gasteiger partial charge in [-0.3, -0.25) is 0 Å². The summed E-state index contributed by atoms with van der Waals surface area (Å²) in [5, 5.41) is 1.48. The van der Waals surface area contributed by atoms with Crippen LogP contribution in [-0.2, 0) is 6.42 Å². The Morgan fingerprint density at radius 3 is 2.56 bits per heavy atom. The lowest BCUT2D eigenvalue weighted by Crippen LogP contribution is -2.13. The first kappa shape index (κ1) is 14.1. The number of benzene rings is 2. The van der Waals surface area contributed by atoms with Crippen molar-refractivity contribution >= 4 is 45.8 Å². The maximum atomic E-state index is 6.19. The van der Waals surface area contributed by atoms with Gasteiger partial charge in [-0.1, -0.05) is 41.4 Å². The summed E-state index contributed by atoms with van der Waals surface area (Å²) in [7, 11) is 0. The van der Waals surface area contributed by atoms with E-state index in [0.717, 1.165) is 31.2 Å². The van der Waals surface area contributed by atoms with Crippen molar-refractivity contribution in [3.63, 3.8) is 0 Å². The van der Waals surface area contributed by atoms with E-state index in [1.807, 2.05) is 42.5 Å². The molecule has 0 saturated heterocycles. The van der Waals surface area contributed by atoms with Gasteiger partial charge in [0.25, 0.3) is 0 Å². The molecule has 18 heavy (non-hydrogen) atoms. The molecule has 94 valence electrons. The van der Waals surface area contributed by atoms with Gasteiger partial charge in [0.05, 0.1) is 5.02 Å². The largest absolute Gasteiger partial charge is 0.324 e. The normalized spacial score (nSPS) is 12.4. The van der Waals surface area contributed by atoms with Crippen LogP contribution in [-0.4, -0.2) is 0 Å². The molecule has 1 atom stereocenters. The summed E-state index contributed by atoms with van der Waals surface area (Å²) in [5.74, 6) is 0. The van der Waals surface area contributed by atoms with Crippen molar-refractivity contribution in [3.05, 3.63) is 67.2 Å². The molecular weight excluding hydrogens is 380 g/mol. The summed E-state index contributed by atoms with van der Waals surface area (Å²) in [5.41, 5.74) is 8.36. The molecule has 2 N–H and O–H groups in total. The van der Waals surface area contributed by atoms with Crippen LogP contribution in [0.3, 0.4) is 0 Å². The van der Waals surface area contributed by atoms with Crippen LogP contribution < -0.4 is 5.73 Å². The molecule has 0 aliphatic heterocycles. The molecule has 0 spiro atoms. The first-order valence-electron chi connectivity index (χ1n) is 5.51. The van der Waals surface area contributed by atoms with E-state index < -0.39 is 0 Å². The second-order valence-electron chi connectivity index (χ2n) is 4.11. The molecule has 0 fully saturated rings. The monoisotopic (exact) mass is 391 g/mol. The van der Waals surface area contributed by atoms with Crippen LogP contribution in [0.15, 0.2) is 42.5 Å². The first-order valence-corrected chi connectivity index (χ1v) is 7.34. The Labute approximate surface area is 130 Å². The highest BCUT2D eigenvalue weighted by atomic mass is 127. The number of nitrogens with two attached hydrogens (primary N) is 1. The van der Waals surface area contributed by atoms with E-state index in [0.29, 0.717) is 0 Å². The third kappa shape index (κ3) is 3.60. The van der Waals surface area contributed by atoms with Gasteiger partial charge in [0, 0.05) is 14.6 Å². The van der Waals surface area contributed by atoms with Crippen LogP contribution in [0.1, 0.15) is 17.2 Å². The number of hydrogen-bond acceptors (Lipinski definition) is 1. The van der Waals surface area contributed by atoms with Gasteiger partial charge in [-0.15, -0.1) is 0 Å². The first-order chi connectivity index (χ1) is 8.56. The van der Waals surface area contributed by atoms with Crippen LogP contribution in [0.4, 0.5) is 0 Å². The minimum atomic E-state index is -0.0713. The van der Waals surface area contributed by atoms with Crippen LogP contribution in [0.2, 0.25) is 10.0 Å². The van der Waals surface area contributed by atoms with E-state index in [4.69, 9.17) is 28.9 Å². The molecule has 4 heteroatoms. The molecule has 0 amide bonds. The molecule has 0 aliphatic carbocycles. The van der Waals surface area contributed by atoms with Gasteiger partial charge in [0.15, 0.2) is 0 Å². The zero-order valence-electron chi connectivity index (χ0n) is 9.54. The Bertz CT molecular complexity index is 557. The van der Waals surface area contributed by atoms with Gasteiger partial charge in [-0.25, -0.2) is 0 Å². The zero-order valence-corrected chi connectivity index (χ0v) is 13.2. The minimum absolute atomic E-state index is 0.0713. The summed E-state index contributed by atoms with van der Waals surface area (Å²) in [4.78, 5) is 0. The Balaban J connectivity index is 2.16. The lowest BCUT2D eigenvalue weighted by molar-refractivity contribution is 0.722.